The number of nitrogen functional groups attached to an aromatic ring is 1. The Balaban J connectivity index is 3.12. The Bertz CT molecular complexity index is 332. The van der Waals surface area contributed by atoms with Gasteiger partial charge in [-0.1, -0.05) is 39.0 Å². The zero-order valence-electron chi connectivity index (χ0n) is 9.30. The quantitative estimate of drug-likeness (QED) is 0.560. The van der Waals surface area contributed by atoms with Crippen LogP contribution in [0.2, 0.25) is 0 Å². The standard InChI is InChI=1S/C13H19N/c1-5-6-10-9-11(13(2,3)4)7-8-12(10)14/h5,7-9H,1,6,14H2,2-4H3. The first-order chi connectivity index (χ1) is 6.45. The van der Waals surface area contributed by atoms with E-state index < -0.39 is 0 Å². The van der Waals surface area contributed by atoms with Crippen molar-refractivity contribution in [2.75, 3.05) is 5.73 Å². The molecule has 0 aromatic heterocycles. The van der Waals surface area contributed by atoms with E-state index in [1.807, 2.05) is 12.1 Å². The third kappa shape index (κ3) is 2.38. The number of hydrogen-bond acceptors (Lipinski definition) is 1. The molecule has 0 bridgehead atoms. The van der Waals surface area contributed by atoms with Gasteiger partial charge in [0.25, 0.3) is 0 Å². The Morgan fingerprint density at radius 1 is 1.36 bits per heavy atom. The number of allylic oxidation sites excluding steroid dienone is 1. The summed E-state index contributed by atoms with van der Waals surface area (Å²) in [5.74, 6) is 0. The molecule has 1 heteroatoms. The lowest BCUT2D eigenvalue weighted by molar-refractivity contribution is 0.589. The lowest BCUT2D eigenvalue weighted by Crippen LogP contribution is -2.11. The van der Waals surface area contributed by atoms with Gasteiger partial charge in [-0.3, -0.25) is 0 Å². The molecule has 1 aromatic rings. The predicted molar refractivity (Wildman–Crippen MR) is 63.5 cm³/mol. The van der Waals surface area contributed by atoms with Crippen molar-refractivity contribution in [1.29, 1.82) is 0 Å². The topological polar surface area (TPSA) is 26.0 Å². The molecule has 1 nitrogen and oxygen atoms in total. The van der Waals surface area contributed by atoms with Crippen LogP contribution < -0.4 is 5.73 Å². The molecule has 0 saturated carbocycles. The molecule has 1 aromatic carbocycles. The molecule has 0 unspecified atom stereocenters. The summed E-state index contributed by atoms with van der Waals surface area (Å²) in [5.41, 5.74) is 9.41. The Labute approximate surface area is 86.6 Å². The third-order valence-corrected chi connectivity index (χ3v) is 2.37. The first-order valence-electron chi connectivity index (χ1n) is 4.95. The van der Waals surface area contributed by atoms with Gasteiger partial charge < -0.3 is 5.73 Å². The summed E-state index contributed by atoms with van der Waals surface area (Å²) in [6.45, 7) is 10.3. The first kappa shape index (κ1) is 10.8. The second kappa shape index (κ2) is 3.87. The summed E-state index contributed by atoms with van der Waals surface area (Å²) >= 11 is 0. The van der Waals surface area contributed by atoms with E-state index in [0.717, 1.165) is 12.1 Å². The van der Waals surface area contributed by atoms with Gasteiger partial charge in [-0.2, -0.15) is 0 Å². The number of nitrogens with two attached hydrogens (primary N) is 1. The van der Waals surface area contributed by atoms with Crippen LogP contribution in [-0.2, 0) is 11.8 Å². The van der Waals surface area contributed by atoms with Crippen LogP contribution in [0.1, 0.15) is 31.9 Å². The van der Waals surface area contributed by atoms with Crippen molar-refractivity contribution in [3.05, 3.63) is 42.0 Å². The molecule has 1 rings (SSSR count). The summed E-state index contributed by atoms with van der Waals surface area (Å²) < 4.78 is 0. The molecule has 0 spiro atoms. The maximum Gasteiger partial charge on any atom is 0.0349 e. The van der Waals surface area contributed by atoms with Crippen molar-refractivity contribution in [2.24, 2.45) is 0 Å². The highest BCUT2D eigenvalue weighted by molar-refractivity contribution is 5.50. The van der Waals surface area contributed by atoms with Crippen LogP contribution in [0, 0.1) is 0 Å². The van der Waals surface area contributed by atoms with E-state index in [-0.39, 0.29) is 5.41 Å². The van der Waals surface area contributed by atoms with Crippen LogP contribution in [0.25, 0.3) is 0 Å². The fraction of sp³-hybridized carbons (Fsp3) is 0.385. The Hall–Kier alpha value is -1.24. The summed E-state index contributed by atoms with van der Waals surface area (Å²) in [6, 6.07) is 6.26. The van der Waals surface area contributed by atoms with Gasteiger partial charge in [0.2, 0.25) is 0 Å². The van der Waals surface area contributed by atoms with Crippen LogP contribution in [0.3, 0.4) is 0 Å². The largest absolute Gasteiger partial charge is 0.398 e. The lowest BCUT2D eigenvalue weighted by Gasteiger charge is -2.20. The summed E-state index contributed by atoms with van der Waals surface area (Å²) in [5, 5.41) is 0. The Kier molecular flexibility index (Phi) is 3.00. The maximum atomic E-state index is 5.87. The van der Waals surface area contributed by atoms with Gasteiger partial charge >= 0.3 is 0 Å². The van der Waals surface area contributed by atoms with E-state index in [4.69, 9.17) is 5.73 Å². The molecule has 0 fully saturated rings. The van der Waals surface area contributed by atoms with Crippen LogP contribution in [-0.4, -0.2) is 0 Å². The van der Waals surface area contributed by atoms with Crippen molar-refractivity contribution in [3.8, 4) is 0 Å². The van der Waals surface area contributed by atoms with Gasteiger partial charge in [0.15, 0.2) is 0 Å². The third-order valence-electron chi connectivity index (χ3n) is 2.37. The van der Waals surface area contributed by atoms with Crippen molar-refractivity contribution in [2.45, 2.75) is 32.6 Å². The highest BCUT2D eigenvalue weighted by Gasteiger charge is 2.14. The van der Waals surface area contributed by atoms with Crippen molar-refractivity contribution in [1.82, 2.24) is 0 Å². The van der Waals surface area contributed by atoms with Gasteiger partial charge in [-0.15, -0.1) is 6.58 Å². The molecule has 76 valence electrons. The average molecular weight is 189 g/mol. The van der Waals surface area contributed by atoms with Gasteiger partial charge in [0, 0.05) is 5.69 Å². The minimum absolute atomic E-state index is 0.184. The van der Waals surface area contributed by atoms with Gasteiger partial charge in [0.05, 0.1) is 0 Å². The molecule has 0 amide bonds. The number of rotatable bonds is 2. The van der Waals surface area contributed by atoms with Crippen molar-refractivity contribution in [3.63, 3.8) is 0 Å². The zero-order valence-corrected chi connectivity index (χ0v) is 9.30. The van der Waals surface area contributed by atoms with E-state index in [1.165, 1.54) is 11.1 Å². The second-order valence-corrected chi connectivity index (χ2v) is 4.66. The van der Waals surface area contributed by atoms with Crippen molar-refractivity contribution >= 4 is 5.69 Å². The highest BCUT2D eigenvalue weighted by atomic mass is 14.6. The van der Waals surface area contributed by atoms with E-state index in [9.17, 15) is 0 Å². The molecule has 0 radical (unpaired) electrons. The van der Waals surface area contributed by atoms with Gasteiger partial charge in [-0.05, 0) is 29.0 Å². The number of hydrogen-bond donors (Lipinski definition) is 1. The molecular weight excluding hydrogens is 170 g/mol. The molecule has 0 saturated heterocycles. The molecular formula is C13H19N. The normalized spacial score (nSPS) is 11.4. The molecule has 0 atom stereocenters. The Morgan fingerprint density at radius 2 is 2.00 bits per heavy atom. The van der Waals surface area contributed by atoms with E-state index in [0.29, 0.717) is 0 Å². The van der Waals surface area contributed by atoms with Gasteiger partial charge in [0.1, 0.15) is 0 Å². The summed E-state index contributed by atoms with van der Waals surface area (Å²) in [6.07, 6.45) is 2.73. The molecule has 0 aliphatic carbocycles. The number of anilines is 1. The lowest BCUT2D eigenvalue weighted by atomic mass is 9.85. The van der Waals surface area contributed by atoms with E-state index in [2.05, 4.69) is 39.5 Å². The fourth-order valence-corrected chi connectivity index (χ4v) is 1.40. The second-order valence-electron chi connectivity index (χ2n) is 4.66. The predicted octanol–water partition coefficient (Wildman–Crippen LogP) is 3.29. The van der Waals surface area contributed by atoms with Crippen LogP contribution in [0.15, 0.2) is 30.9 Å². The average Bonchev–Trinajstić information content (AvgIpc) is 2.07. The molecule has 0 heterocycles. The molecule has 0 aliphatic rings. The van der Waals surface area contributed by atoms with E-state index >= 15 is 0 Å². The smallest absolute Gasteiger partial charge is 0.0349 e. The maximum absolute atomic E-state index is 5.87. The number of benzene rings is 1. The van der Waals surface area contributed by atoms with Crippen LogP contribution in [0.5, 0.6) is 0 Å². The summed E-state index contributed by atoms with van der Waals surface area (Å²) in [7, 11) is 0. The molecule has 14 heavy (non-hydrogen) atoms. The highest BCUT2D eigenvalue weighted by Crippen LogP contribution is 2.25. The van der Waals surface area contributed by atoms with Crippen molar-refractivity contribution < 1.29 is 0 Å². The SMILES string of the molecule is C=CCc1cc(C(C)(C)C)ccc1N. The van der Waals surface area contributed by atoms with Crippen LogP contribution in [0.4, 0.5) is 5.69 Å². The minimum Gasteiger partial charge on any atom is -0.398 e. The zero-order chi connectivity index (χ0) is 10.8. The Morgan fingerprint density at radius 3 is 2.50 bits per heavy atom. The fourth-order valence-electron chi connectivity index (χ4n) is 1.40. The molecule has 2 N–H and O–H groups in total. The van der Waals surface area contributed by atoms with E-state index in [1.54, 1.807) is 0 Å². The summed E-state index contributed by atoms with van der Waals surface area (Å²) in [4.78, 5) is 0. The molecule has 0 aliphatic heterocycles. The minimum atomic E-state index is 0.184. The van der Waals surface area contributed by atoms with Gasteiger partial charge in [-0.25, -0.2) is 0 Å². The monoisotopic (exact) mass is 189 g/mol. The van der Waals surface area contributed by atoms with Crippen LogP contribution >= 0.6 is 0 Å². The first-order valence-corrected chi connectivity index (χ1v) is 4.95.